The minimum Gasteiger partial charge on any atom is -0.465 e. The molecule has 2 aromatic carbocycles. The average Bonchev–Trinajstić information content (AvgIpc) is 3.45. The Hall–Kier alpha value is -3.14. The maximum atomic E-state index is 12.7. The van der Waals surface area contributed by atoms with Gasteiger partial charge in [0.1, 0.15) is 16.4 Å². The quantitative estimate of drug-likeness (QED) is 0.229. The zero-order valence-corrected chi connectivity index (χ0v) is 21.5. The summed E-state index contributed by atoms with van der Waals surface area (Å²) in [6, 6.07) is 17.3. The highest BCUT2D eigenvalue weighted by molar-refractivity contribution is 7.99. The largest absolute Gasteiger partial charge is 0.465 e. The number of esters is 1. The number of halogens is 1. The number of methoxy groups -OCH3 is 1. The Balaban J connectivity index is 1.40. The van der Waals surface area contributed by atoms with Gasteiger partial charge in [-0.3, -0.25) is 4.79 Å². The number of benzene rings is 2. The molecule has 180 valence electrons. The first-order valence-corrected chi connectivity index (χ1v) is 13.0. The molecule has 2 heterocycles. The summed E-state index contributed by atoms with van der Waals surface area (Å²) in [5.74, 6) is 0.212. The number of hydrogen-bond acceptors (Lipinski definition) is 7. The summed E-state index contributed by atoms with van der Waals surface area (Å²) in [6.07, 6.45) is 1.62. The molecule has 35 heavy (non-hydrogen) atoms. The van der Waals surface area contributed by atoms with Crippen LogP contribution in [0.1, 0.15) is 21.7 Å². The topological polar surface area (TPSA) is 86.1 Å². The van der Waals surface area contributed by atoms with Gasteiger partial charge < -0.3 is 14.6 Å². The lowest BCUT2D eigenvalue weighted by atomic mass is 10.0. The molecular weight excluding hydrogens is 504 g/mol. The van der Waals surface area contributed by atoms with Crippen LogP contribution in [0.15, 0.2) is 65.1 Å². The van der Waals surface area contributed by atoms with Crippen molar-refractivity contribution in [3.05, 3.63) is 82.0 Å². The number of hydrogen-bond donors (Lipinski definition) is 1. The minimum atomic E-state index is -0.518. The summed E-state index contributed by atoms with van der Waals surface area (Å²) in [5, 5.41) is 14.9. The van der Waals surface area contributed by atoms with Crippen LogP contribution in [0, 0.1) is 0 Å². The Morgan fingerprint density at radius 1 is 1.09 bits per heavy atom. The van der Waals surface area contributed by atoms with Crippen LogP contribution in [0.5, 0.6) is 0 Å². The van der Waals surface area contributed by atoms with E-state index in [2.05, 4.69) is 27.6 Å². The van der Waals surface area contributed by atoms with E-state index in [-0.39, 0.29) is 11.7 Å². The van der Waals surface area contributed by atoms with Crippen LogP contribution in [0.25, 0.3) is 11.1 Å². The zero-order valence-electron chi connectivity index (χ0n) is 19.2. The smallest absolute Gasteiger partial charge is 0.341 e. The molecule has 7 nitrogen and oxygen atoms in total. The van der Waals surface area contributed by atoms with E-state index in [9.17, 15) is 9.59 Å². The number of aromatic nitrogens is 3. The number of nitrogens with one attached hydrogen (secondary N) is 1. The van der Waals surface area contributed by atoms with Gasteiger partial charge in [-0.05, 0) is 29.7 Å². The number of ether oxygens (including phenoxy) is 1. The van der Waals surface area contributed by atoms with Crippen molar-refractivity contribution in [2.75, 3.05) is 18.2 Å². The normalized spacial score (nSPS) is 10.8. The van der Waals surface area contributed by atoms with E-state index in [1.165, 1.54) is 35.8 Å². The number of anilines is 1. The van der Waals surface area contributed by atoms with Gasteiger partial charge in [0.25, 0.3) is 0 Å². The first-order chi connectivity index (χ1) is 17.0. The van der Waals surface area contributed by atoms with Crippen molar-refractivity contribution in [1.82, 2.24) is 14.8 Å². The van der Waals surface area contributed by atoms with Crippen LogP contribution in [-0.4, -0.2) is 39.5 Å². The molecule has 0 aliphatic carbocycles. The van der Waals surface area contributed by atoms with E-state index in [4.69, 9.17) is 16.3 Å². The second kappa shape index (κ2) is 11.5. The molecule has 0 radical (unpaired) electrons. The fraction of sp³-hybridized carbons (Fsp3) is 0.200. The molecule has 0 fully saturated rings. The summed E-state index contributed by atoms with van der Waals surface area (Å²) in [5.41, 5.74) is 3.04. The van der Waals surface area contributed by atoms with Crippen LogP contribution < -0.4 is 5.32 Å². The predicted molar refractivity (Wildman–Crippen MR) is 140 cm³/mol. The standard InChI is InChI=1S/C25H23ClN4O3S2/c1-30-20(13-8-16-6-4-3-5-7-16)28-29-25(30)35-15-21(31)27-23-22(24(32)33-2)19(14-34-23)17-9-11-18(26)12-10-17/h3-7,9-12,14H,8,13,15H2,1-2H3,(H,27,31). The number of thiophene rings is 1. The van der Waals surface area contributed by atoms with Crippen molar-refractivity contribution in [1.29, 1.82) is 0 Å². The SMILES string of the molecule is COC(=O)c1c(-c2ccc(Cl)cc2)csc1NC(=O)CSc1nnc(CCc2ccccc2)n1C. The molecule has 0 saturated carbocycles. The van der Waals surface area contributed by atoms with Gasteiger partial charge >= 0.3 is 5.97 Å². The minimum absolute atomic E-state index is 0.124. The van der Waals surface area contributed by atoms with E-state index in [0.717, 1.165) is 24.2 Å². The highest BCUT2D eigenvalue weighted by Gasteiger charge is 2.22. The Labute approximate surface area is 216 Å². The number of nitrogens with zero attached hydrogens (tertiary/aromatic N) is 3. The van der Waals surface area contributed by atoms with Gasteiger partial charge in [0, 0.05) is 29.4 Å². The van der Waals surface area contributed by atoms with E-state index in [1.54, 1.807) is 12.1 Å². The first kappa shape index (κ1) is 25.0. The molecule has 0 saturated heterocycles. The summed E-state index contributed by atoms with van der Waals surface area (Å²) < 4.78 is 6.88. The molecule has 2 aromatic heterocycles. The van der Waals surface area contributed by atoms with Gasteiger partial charge in [-0.15, -0.1) is 21.5 Å². The van der Waals surface area contributed by atoms with Gasteiger partial charge in [0.2, 0.25) is 5.91 Å². The van der Waals surface area contributed by atoms with E-state index in [1.807, 2.05) is 47.3 Å². The average molecular weight is 527 g/mol. The van der Waals surface area contributed by atoms with Crippen molar-refractivity contribution >= 4 is 51.6 Å². The number of carbonyl (C=O) groups is 2. The molecule has 0 bridgehead atoms. The van der Waals surface area contributed by atoms with Gasteiger partial charge in [0.05, 0.1) is 12.9 Å². The van der Waals surface area contributed by atoms with Crippen molar-refractivity contribution in [3.63, 3.8) is 0 Å². The number of amides is 1. The Morgan fingerprint density at radius 3 is 2.54 bits per heavy atom. The number of rotatable bonds is 9. The van der Waals surface area contributed by atoms with E-state index >= 15 is 0 Å². The molecule has 1 amide bonds. The fourth-order valence-electron chi connectivity index (χ4n) is 3.48. The number of carbonyl (C=O) groups excluding carboxylic acids is 2. The summed E-state index contributed by atoms with van der Waals surface area (Å²) in [7, 11) is 3.21. The molecule has 4 aromatic rings. The molecule has 0 aliphatic rings. The maximum Gasteiger partial charge on any atom is 0.341 e. The number of aryl methyl sites for hydroxylation is 2. The fourth-order valence-corrected chi connectivity index (χ4v) is 5.31. The van der Waals surface area contributed by atoms with Gasteiger partial charge in [-0.1, -0.05) is 65.8 Å². The van der Waals surface area contributed by atoms with Gasteiger partial charge in [-0.2, -0.15) is 0 Å². The van der Waals surface area contributed by atoms with Gasteiger partial charge in [-0.25, -0.2) is 4.79 Å². The molecule has 0 atom stereocenters. The Bertz CT molecular complexity index is 1320. The third-order valence-electron chi connectivity index (χ3n) is 5.33. The second-order valence-corrected chi connectivity index (χ2v) is 9.89. The number of thioether (sulfide) groups is 1. The molecule has 0 aliphatic heterocycles. The molecular formula is C25H23ClN4O3S2. The van der Waals surface area contributed by atoms with Gasteiger partial charge in [0.15, 0.2) is 5.16 Å². The van der Waals surface area contributed by atoms with Crippen molar-refractivity contribution in [2.24, 2.45) is 7.05 Å². The third kappa shape index (κ3) is 6.11. The summed E-state index contributed by atoms with van der Waals surface area (Å²) >= 11 is 8.55. The lowest BCUT2D eigenvalue weighted by Gasteiger charge is -2.08. The highest BCUT2D eigenvalue weighted by Crippen LogP contribution is 2.36. The van der Waals surface area contributed by atoms with Crippen LogP contribution in [0.3, 0.4) is 0 Å². The third-order valence-corrected chi connectivity index (χ3v) is 7.49. The molecule has 10 heteroatoms. The molecule has 1 N–H and O–H groups in total. The van der Waals surface area contributed by atoms with Crippen LogP contribution in [0.4, 0.5) is 5.00 Å². The van der Waals surface area contributed by atoms with Crippen LogP contribution >= 0.6 is 34.7 Å². The van der Waals surface area contributed by atoms with Crippen molar-refractivity contribution in [2.45, 2.75) is 18.0 Å². The monoisotopic (exact) mass is 526 g/mol. The summed E-state index contributed by atoms with van der Waals surface area (Å²) in [4.78, 5) is 25.2. The van der Waals surface area contributed by atoms with Crippen LogP contribution in [-0.2, 0) is 29.4 Å². The summed E-state index contributed by atoms with van der Waals surface area (Å²) in [6.45, 7) is 0. The van der Waals surface area contributed by atoms with Crippen LogP contribution in [0.2, 0.25) is 5.02 Å². The van der Waals surface area contributed by atoms with Crippen molar-refractivity contribution in [3.8, 4) is 11.1 Å². The lowest BCUT2D eigenvalue weighted by molar-refractivity contribution is -0.113. The van der Waals surface area contributed by atoms with E-state index in [0.29, 0.717) is 26.3 Å². The van der Waals surface area contributed by atoms with Crippen molar-refractivity contribution < 1.29 is 14.3 Å². The lowest BCUT2D eigenvalue weighted by Crippen LogP contribution is -2.16. The molecule has 0 spiro atoms. The highest BCUT2D eigenvalue weighted by atomic mass is 35.5. The predicted octanol–water partition coefficient (Wildman–Crippen LogP) is 5.50. The Morgan fingerprint density at radius 2 is 1.83 bits per heavy atom. The maximum absolute atomic E-state index is 12.7. The first-order valence-electron chi connectivity index (χ1n) is 10.8. The Kier molecular flexibility index (Phi) is 8.22. The zero-order chi connectivity index (χ0) is 24.8. The second-order valence-electron chi connectivity index (χ2n) is 7.63. The van der Waals surface area contributed by atoms with E-state index < -0.39 is 5.97 Å². The molecule has 0 unspecified atom stereocenters. The molecule has 4 rings (SSSR count).